The molecule has 1 aromatic heterocycles. The van der Waals surface area contributed by atoms with Crippen LogP contribution in [0.5, 0.6) is 0 Å². The van der Waals surface area contributed by atoms with E-state index in [4.69, 9.17) is 0 Å². The van der Waals surface area contributed by atoms with Crippen molar-refractivity contribution < 1.29 is 26.4 Å². The molecule has 0 aliphatic heterocycles. The Balaban J connectivity index is 2.29. The number of benzene rings is 1. The average Bonchev–Trinajstić information content (AvgIpc) is 2.98. The largest absolute Gasteiger partial charge is 0.416 e. The Kier molecular flexibility index (Phi) is 6.84. The van der Waals surface area contributed by atoms with Gasteiger partial charge in [0, 0.05) is 17.6 Å². The van der Waals surface area contributed by atoms with Crippen LogP contribution in [0.3, 0.4) is 0 Å². The van der Waals surface area contributed by atoms with Crippen molar-refractivity contribution in [2.45, 2.75) is 31.8 Å². The third-order valence-electron chi connectivity index (χ3n) is 3.56. The van der Waals surface area contributed by atoms with Crippen molar-refractivity contribution in [3.05, 3.63) is 40.9 Å². The van der Waals surface area contributed by atoms with E-state index in [1.165, 1.54) is 11.3 Å². The summed E-state index contributed by atoms with van der Waals surface area (Å²) in [5.74, 6) is -0.763. The fourth-order valence-corrected chi connectivity index (χ4v) is 4.66. The molecule has 0 aliphatic carbocycles. The van der Waals surface area contributed by atoms with Gasteiger partial charge in [-0.25, -0.2) is 13.4 Å². The number of aryl methyl sites for hydroxylation is 1. The van der Waals surface area contributed by atoms with Crippen LogP contribution in [0.4, 0.5) is 18.3 Å². The lowest BCUT2D eigenvalue weighted by atomic mass is 10.2. The highest BCUT2D eigenvalue weighted by molar-refractivity contribution is 7.89. The Labute approximate surface area is 165 Å². The SMILES string of the molecule is Cc1cnc(NC(=O)CN(CC(C)C)S(=O)(=O)c2cccc(C(F)(F)F)c2)s1. The van der Waals surface area contributed by atoms with E-state index in [0.717, 1.165) is 27.4 Å². The number of rotatable bonds is 7. The Morgan fingerprint density at radius 2 is 2.00 bits per heavy atom. The summed E-state index contributed by atoms with van der Waals surface area (Å²) in [6.07, 6.45) is -3.11. The fraction of sp³-hybridized carbons (Fsp3) is 0.412. The van der Waals surface area contributed by atoms with Crippen LogP contribution in [0.2, 0.25) is 0 Å². The van der Waals surface area contributed by atoms with E-state index in [0.29, 0.717) is 11.2 Å². The minimum Gasteiger partial charge on any atom is -0.301 e. The highest BCUT2D eigenvalue weighted by Gasteiger charge is 2.33. The number of aromatic nitrogens is 1. The minimum absolute atomic E-state index is 0.0249. The second kappa shape index (κ2) is 8.58. The van der Waals surface area contributed by atoms with Gasteiger partial charge in [-0.3, -0.25) is 4.79 Å². The van der Waals surface area contributed by atoms with Gasteiger partial charge in [-0.15, -0.1) is 11.3 Å². The van der Waals surface area contributed by atoms with Gasteiger partial charge in [-0.2, -0.15) is 17.5 Å². The van der Waals surface area contributed by atoms with E-state index in [1.807, 2.05) is 0 Å². The maximum atomic E-state index is 12.9. The normalized spacial score (nSPS) is 12.6. The predicted octanol–water partition coefficient (Wildman–Crippen LogP) is 3.76. The Hall–Kier alpha value is -1.98. The molecule has 1 N–H and O–H groups in total. The van der Waals surface area contributed by atoms with Crippen LogP contribution in [0, 0.1) is 12.8 Å². The van der Waals surface area contributed by atoms with E-state index in [2.05, 4.69) is 10.3 Å². The number of carbonyl (C=O) groups excluding carboxylic acids is 1. The summed E-state index contributed by atoms with van der Waals surface area (Å²) < 4.78 is 65.5. The first-order valence-corrected chi connectivity index (χ1v) is 10.5. The quantitative estimate of drug-likeness (QED) is 0.718. The molecule has 0 aliphatic rings. The second-order valence-electron chi connectivity index (χ2n) is 6.54. The zero-order valence-electron chi connectivity index (χ0n) is 15.4. The summed E-state index contributed by atoms with van der Waals surface area (Å²) in [5.41, 5.74) is -1.07. The first kappa shape index (κ1) is 22.3. The van der Waals surface area contributed by atoms with Gasteiger partial charge in [0.25, 0.3) is 0 Å². The first-order valence-electron chi connectivity index (χ1n) is 8.29. The van der Waals surface area contributed by atoms with Gasteiger partial charge >= 0.3 is 6.18 Å². The summed E-state index contributed by atoms with van der Waals surface area (Å²) in [6.45, 7) is 4.74. The smallest absolute Gasteiger partial charge is 0.301 e. The van der Waals surface area contributed by atoms with Gasteiger partial charge in [0.15, 0.2) is 5.13 Å². The number of amides is 1. The van der Waals surface area contributed by atoms with Crippen LogP contribution in [0.1, 0.15) is 24.3 Å². The minimum atomic E-state index is -4.67. The molecule has 0 spiro atoms. The van der Waals surface area contributed by atoms with E-state index in [-0.39, 0.29) is 12.5 Å². The zero-order chi connectivity index (χ0) is 21.1. The number of thiazole rings is 1. The summed E-state index contributed by atoms with van der Waals surface area (Å²) in [4.78, 5) is 16.6. The van der Waals surface area contributed by atoms with E-state index in [1.54, 1.807) is 27.0 Å². The summed E-state index contributed by atoms with van der Waals surface area (Å²) >= 11 is 1.23. The molecule has 0 bridgehead atoms. The van der Waals surface area contributed by atoms with E-state index in [9.17, 15) is 26.4 Å². The maximum Gasteiger partial charge on any atom is 0.416 e. The van der Waals surface area contributed by atoms with Crippen LogP contribution in [-0.2, 0) is 21.0 Å². The third-order valence-corrected chi connectivity index (χ3v) is 6.19. The number of nitrogens with one attached hydrogen (secondary N) is 1. The number of anilines is 1. The van der Waals surface area contributed by atoms with Crippen LogP contribution in [0.15, 0.2) is 35.4 Å². The third kappa shape index (κ3) is 5.76. The summed E-state index contributed by atoms with van der Waals surface area (Å²) in [6, 6.07) is 3.48. The molecular weight excluding hydrogens is 415 g/mol. The molecular formula is C17H20F3N3O3S2. The number of hydrogen-bond acceptors (Lipinski definition) is 5. The zero-order valence-corrected chi connectivity index (χ0v) is 17.1. The fourth-order valence-electron chi connectivity index (χ4n) is 2.37. The number of alkyl halides is 3. The number of nitrogens with zero attached hydrogens (tertiary/aromatic N) is 2. The molecule has 0 saturated carbocycles. The Bertz CT molecular complexity index is 940. The van der Waals surface area contributed by atoms with Crippen LogP contribution < -0.4 is 5.32 Å². The lowest BCUT2D eigenvalue weighted by molar-refractivity contribution is -0.137. The van der Waals surface area contributed by atoms with Crippen molar-refractivity contribution in [2.24, 2.45) is 5.92 Å². The highest BCUT2D eigenvalue weighted by atomic mass is 32.2. The molecule has 1 aromatic carbocycles. The Morgan fingerprint density at radius 3 is 2.54 bits per heavy atom. The molecule has 1 heterocycles. The van der Waals surface area contributed by atoms with Gasteiger partial charge in [-0.05, 0) is 31.0 Å². The Morgan fingerprint density at radius 1 is 1.32 bits per heavy atom. The standard InChI is InChI=1S/C17H20F3N3O3S2/c1-11(2)9-23(10-15(24)22-16-21-8-12(3)27-16)28(25,26)14-6-4-5-13(7-14)17(18,19)20/h4-8,11H,9-10H2,1-3H3,(H,21,22,24). The van der Waals surface area contributed by atoms with Gasteiger partial charge < -0.3 is 5.32 Å². The summed E-state index contributed by atoms with van der Waals surface area (Å²) in [5, 5.41) is 2.83. The molecule has 0 fully saturated rings. The molecule has 6 nitrogen and oxygen atoms in total. The molecule has 2 aromatic rings. The molecule has 0 atom stereocenters. The number of sulfonamides is 1. The van der Waals surface area contributed by atoms with Gasteiger partial charge in [0.1, 0.15) is 0 Å². The molecule has 0 unspecified atom stereocenters. The topological polar surface area (TPSA) is 79.4 Å². The van der Waals surface area contributed by atoms with Crippen molar-refractivity contribution in [3.63, 3.8) is 0 Å². The van der Waals surface area contributed by atoms with Crippen LogP contribution in [-0.4, -0.2) is 36.7 Å². The van der Waals surface area contributed by atoms with Crippen LogP contribution >= 0.6 is 11.3 Å². The molecule has 1 amide bonds. The lowest BCUT2D eigenvalue weighted by Gasteiger charge is -2.23. The van der Waals surface area contributed by atoms with Crippen molar-refractivity contribution in [1.29, 1.82) is 0 Å². The molecule has 0 radical (unpaired) electrons. The van der Waals surface area contributed by atoms with Crippen molar-refractivity contribution in [1.82, 2.24) is 9.29 Å². The second-order valence-corrected chi connectivity index (χ2v) is 9.71. The number of halogens is 3. The van der Waals surface area contributed by atoms with Crippen molar-refractivity contribution in [3.8, 4) is 0 Å². The molecule has 11 heteroatoms. The first-order chi connectivity index (χ1) is 12.9. The van der Waals surface area contributed by atoms with Gasteiger partial charge in [-0.1, -0.05) is 19.9 Å². The summed E-state index contributed by atoms with van der Waals surface area (Å²) in [7, 11) is -4.31. The molecule has 0 saturated heterocycles. The van der Waals surface area contributed by atoms with Gasteiger partial charge in [0.05, 0.1) is 17.0 Å². The van der Waals surface area contributed by atoms with Crippen molar-refractivity contribution >= 4 is 32.4 Å². The monoisotopic (exact) mass is 435 g/mol. The van der Waals surface area contributed by atoms with E-state index >= 15 is 0 Å². The average molecular weight is 435 g/mol. The van der Waals surface area contributed by atoms with E-state index < -0.39 is 39.1 Å². The van der Waals surface area contributed by atoms with Gasteiger partial charge in [0.2, 0.25) is 15.9 Å². The maximum absolute atomic E-state index is 12.9. The lowest BCUT2D eigenvalue weighted by Crippen LogP contribution is -2.40. The van der Waals surface area contributed by atoms with Crippen molar-refractivity contribution in [2.75, 3.05) is 18.4 Å². The molecule has 28 heavy (non-hydrogen) atoms. The predicted molar refractivity (Wildman–Crippen MR) is 101 cm³/mol. The molecule has 2 rings (SSSR count). The van der Waals surface area contributed by atoms with Crippen LogP contribution in [0.25, 0.3) is 0 Å². The number of carbonyl (C=O) groups is 1. The highest BCUT2D eigenvalue weighted by Crippen LogP contribution is 2.31. The number of hydrogen-bond donors (Lipinski definition) is 1. The molecule has 154 valence electrons.